The molecule has 0 saturated heterocycles. The third-order valence-electron chi connectivity index (χ3n) is 3.00. The lowest BCUT2D eigenvalue weighted by atomic mass is 10.1. The van der Waals surface area contributed by atoms with E-state index in [1.807, 2.05) is 6.92 Å². The predicted molar refractivity (Wildman–Crippen MR) is 70.6 cm³/mol. The van der Waals surface area contributed by atoms with Crippen molar-refractivity contribution >= 4 is 0 Å². The van der Waals surface area contributed by atoms with Gasteiger partial charge in [-0.15, -0.1) is 0 Å². The molecular weight excluding hydrogens is 229 g/mol. The SMILES string of the molecule is Cc1[nH]c(CC(C)CN)nc1-c1ccc(F)cc1. The average molecular weight is 247 g/mol. The first-order chi connectivity index (χ1) is 8.60. The fourth-order valence-corrected chi connectivity index (χ4v) is 1.92. The van der Waals surface area contributed by atoms with E-state index < -0.39 is 0 Å². The van der Waals surface area contributed by atoms with E-state index in [2.05, 4.69) is 16.9 Å². The second-order valence-corrected chi connectivity index (χ2v) is 4.71. The van der Waals surface area contributed by atoms with Gasteiger partial charge >= 0.3 is 0 Å². The summed E-state index contributed by atoms with van der Waals surface area (Å²) in [5.74, 6) is 1.10. The topological polar surface area (TPSA) is 54.7 Å². The van der Waals surface area contributed by atoms with E-state index >= 15 is 0 Å². The van der Waals surface area contributed by atoms with Crippen molar-refractivity contribution in [2.45, 2.75) is 20.3 Å². The van der Waals surface area contributed by atoms with E-state index in [1.165, 1.54) is 12.1 Å². The smallest absolute Gasteiger partial charge is 0.123 e. The molecule has 1 unspecified atom stereocenters. The molecular formula is C14H18FN3. The summed E-state index contributed by atoms with van der Waals surface area (Å²) in [5.41, 5.74) is 8.42. The maximum atomic E-state index is 12.9. The lowest BCUT2D eigenvalue weighted by Crippen LogP contribution is -2.13. The second kappa shape index (κ2) is 5.31. The van der Waals surface area contributed by atoms with Gasteiger partial charge in [0.2, 0.25) is 0 Å². The van der Waals surface area contributed by atoms with Gasteiger partial charge in [-0.3, -0.25) is 0 Å². The molecule has 2 rings (SSSR count). The Balaban J connectivity index is 2.26. The van der Waals surface area contributed by atoms with Crippen molar-refractivity contribution in [2.24, 2.45) is 11.7 Å². The molecule has 0 saturated carbocycles. The Hall–Kier alpha value is -1.68. The molecule has 0 amide bonds. The number of nitrogens with zero attached hydrogens (tertiary/aromatic N) is 1. The molecule has 4 heteroatoms. The molecule has 18 heavy (non-hydrogen) atoms. The summed E-state index contributed by atoms with van der Waals surface area (Å²) in [7, 11) is 0. The zero-order chi connectivity index (χ0) is 13.1. The van der Waals surface area contributed by atoms with Gasteiger partial charge in [-0.05, 0) is 43.7 Å². The van der Waals surface area contributed by atoms with Crippen LogP contribution in [0.4, 0.5) is 4.39 Å². The number of aromatic nitrogens is 2. The van der Waals surface area contributed by atoms with E-state index in [0.717, 1.165) is 29.2 Å². The minimum Gasteiger partial charge on any atom is -0.346 e. The first-order valence-electron chi connectivity index (χ1n) is 6.11. The quantitative estimate of drug-likeness (QED) is 0.872. The number of rotatable bonds is 4. The zero-order valence-corrected chi connectivity index (χ0v) is 10.7. The van der Waals surface area contributed by atoms with Gasteiger partial charge < -0.3 is 10.7 Å². The summed E-state index contributed by atoms with van der Waals surface area (Å²) in [6.45, 7) is 4.71. The minimum absolute atomic E-state index is 0.232. The van der Waals surface area contributed by atoms with E-state index in [9.17, 15) is 4.39 Å². The van der Waals surface area contributed by atoms with E-state index in [-0.39, 0.29) is 5.82 Å². The van der Waals surface area contributed by atoms with Crippen molar-refractivity contribution in [3.8, 4) is 11.3 Å². The number of nitrogens with one attached hydrogen (secondary N) is 1. The number of hydrogen-bond acceptors (Lipinski definition) is 2. The minimum atomic E-state index is -0.232. The Kier molecular flexibility index (Phi) is 3.77. The van der Waals surface area contributed by atoms with Gasteiger partial charge in [0.15, 0.2) is 0 Å². The molecule has 0 aliphatic rings. The number of imidazole rings is 1. The van der Waals surface area contributed by atoms with Crippen LogP contribution in [-0.2, 0) is 6.42 Å². The van der Waals surface area contributed by atoms with Gasteiger partial charge in [0, 0.05) is 17.7 Å². The van der Waals surface area contributed by atoms with Crippen LogP contribution >= 0.6 is 0 Å². The van der Waals surface area contributed by atoms with Crippen LogP contribution in [0.1, 0.15) is 18.4 Å². The average Bonchev–Trinajstić information content (AvgIpc) is 2.71. The largest absolute Gasteiger partial charge is 0.346 e. The van der Waals surface area contributed by atoms with Crippen molar-refractivity contribution in [1.82, 2.24) is 9.97 Å². The molecule has 96 valence electrons. The number of halogens is 1. The van der Waals surface area contributed by atoms with Crippen LogP contribution in [0.25, 0.3) is 11.3 Å². The van der Waals surface area contributed by atoms with Gasteiger partial charge in [0.1, 0.15) is 11.6 Å². The third-order valence-corrected chi connectivity index (χ3v) is 3.00. The summed E-state index contributed by atoms with van der Waals surface area (Å²) < 4.78 is 12.9. The fraction of sp³-hybridized carbons (Fsp3) is 0.357. The summed E-state index contributed by atoms with van der Waals surface area (Å²) in [6, 6.07) is 6.39. The van der Waals surface area contributed by atoms with Crippen molar-refractivity contribution in [2.75, 3.05) is 6.54 Å². The number of H-pyrrole nitrogens is 1. The van der Waals surface area contributed by atoms with Crippen molar-refractivity contribution < 1.29 is 4.39 Å². The Bertz CT molecular complexity index is 516. The Morgan fingerprint density at radius 1 is 1.33 bits per heavy atom. The molecule has 0 bridgehead atoms. The molecule has 1 aromatic heterocycles. The number of hydrogen-bond donors (Lipinski definition) is 2. The second-order valence-electron chi connectivity index (χ2n) is 4.71. The van der Waals surface area contributed by atoms with Crippen molar-refractivity contribution in [3.05, 3.63) is 41.6 Å². The molecule has 0 aliphatic carbocycles. The van der Waals surface area contributed by atoms with Gasteiger partial charge in [-0.25, -0.2) is 9.37 Å². The molecule has 1 heterocycles. The fourth-order valence-electron chi connectivity index (χ4n) is 1.92. The van der Waals surface area contributed by atoms with Crippen LogP contribution in [0.15, 0.2) is 24.3 Å². The highest BCUT2D eigenvalue weighted by molar-refractivity contribution is 5.61. The summed E-state index contributed by atoms with van der Waals surface area (Å²) >= 11 is 0. The Labute approximate surface area is 106 Å². The summed E-state index contributed by atoms with van der Waals surface area (Å²) in [5, 5.41) is 0. The van der Waals surface area contributed by atoms with Gasteiger partial charge in [-0.2, -0.15) is 0 Å². The molecule has 1 aromatic carbocycles. The summed E-state index contributed by atoms with van der Waals surface area (Å²) in [4.78, 5) is 7.83. The van der Waals surface area contributed by atoms with Crippen LogP contribution in [0, 0.1) is 18.7 Å². The van der Waals surface area contributed by atoms with Gasteiger partial charge in [0.25, 0.3) is 0 Å². The highest BCUT2D eigenvalue weighted by Crippen LogP contribution is 2.22. The third kappa shape index (κ3) is 2.76. The Morgan fingerprint density at radius 2 is 2.00 bits per heavy atom. The van der Waals surface area contributed by atoms with Crippen LogP contribution in [-0.4, -0.2) is 16.5 Å². The molecule has 0 spiro atoms. The van der Waals surface area contributed by atoms with Crippen LogP contribution in [0.5, 0.6) is 0 Å². The van der Waals surface area contributed by atoms with Crippen LogP contribution < -0.4 is 5.73 Å². The zero-order valence-electron chi connectivity index (χ0n) is 10.7. The van der Waals surface area contributed by atoms with Crippen molar-refractivity contribution in [1.29, 1.82) is 0 Å². The van der Waals surface area contributed by atoms with Crippen molar-refractivity contribution in [3.63, 3.8) is 0 Å². The maximum absolute atomic E-state index is 12.9. The van der Waals surface area contributed by atoms with Gasteiger partial charge in [-0.1, -0.05) is 6.92 Å². The summed E-state index contributed by atoms with van der Waals surface area (Å²) in [6.07, 6.45) is 0.832. The maximum Gasteiger partial charge on any atom is 0.123 e. The molecule has 0 fully saturated rings. The van der Waals surface area contributed by atoms with Crippen LogP contribution in [0.2, 0.25) is 0 Å². The standard InChI is InChI=1S/C14H18FN3/c1-9(8-16)7-13-17-10(2)14(18-13)11-3-5-12(15)6-4-11/h3-6,9H,7-8,16H2,1-2H3,(H,17,18). The normalized spacial score (nSPS) is 12.7. The lowest BCUT2D eigenvalue weighted by molar-refractivity contribution is 0.577. The number of aromatic amines is 1. The van der Waals surface area contributed by atoms with E-state index in [0.29, 0.717) is 12.5 Å². The predicted octanol–water partition coefficient (Wildman–Crippen LogP) is 2.66. The highest BCUT2D eigenvalue weighted by atomic mass is 19.1. The van der Waals surface area contributed by atoms with E-state index in [4.69, 9.17) is 5.73 Å². The molecule has 2 aromatic rings. The molecule has 3 nitrogen and oxygen atoms in total. The molecule has 1 atom stereocenters. The first-order valence-corrected chi connectivity index (χ1v) is 6.11. The number of nitrogens with two attached hydrogens (primary N) is 1. The first kappa shape index (κ1) is 12.8. The van der Waals surface area contributed by atoms with E-state index in [1.54, 1.807) is 12.1 Å². The van der Waals surface area contributed by atoms with Gasteiger partial charge in [0.05, 0.1) is 5.69 Å². The Morgan fingerprint density at radius 3 is 2.61 bits per heavy atom. The molecule has 3 N–H and O–H groups in total. The highest BCUT2D eigenvalue weighted by Gasteiger charge is 2.11. The number of benzene rings is 1. The van der Waals surface area contributed by atoms with Crippen LogP contribution in [0.3, 0.4) is 0 Å². The monoisotopic (exact) mass is 247 g/mol. The number of aryl methyl sites for hydroxylation is 1. The molecule has 0 radical (unpaired) electrons. The lowest BCUT2D eigenvalue weighted by Gasteiger charge is -2.04. The molecule has 0 aliphatic heterocycles.